The second kappa shape index (κ2) is 7.30. The Morgan fingerprint density at radius 3 is 2.37 bits per heavy atom. The number of alkyl halides is 3. The van der Waals surface area contributed by atoms with E-state index in [1.54, 1.807) is 0 Å². The number of hydrogen-bond acceptors (Lipinski definition) is 6. The van der Waals surface area contributed by atoms with Crippen LogP contribution in [-0.2, 0) is 0 Å². The molecule has 1 saturated heterocycles. The maximum absolute atomic E-state index is 13.8. The van der Waals surface area contributed by atoms with E-state index in [1.165, 1.54) is 35.6 Å². The second-order valence-corrected chi connectivity index (χ2v) is 6.55. The quantitative estimate of drug-likeness (QED) is 0.337. The minimum atomic E-state index is -5.49. The number of urea groups is 1. The van der Waals surface area contributed by atoms with E-state index in [1.807, 2.05) is 0 Å². The van der Waals surface area contributed by atoms with E-state index >= 15 is 0 Å². The van der Waals surface area contributed by atoms with Crippen molar-refractivity contribution in [3.63, 3.8) is 0 Å². The van der Waals surface area contributed by atoms with Gasteiger partial charge in [0.05, 0.1) is 11.0 Å². The van der Waals surface area contributed by atoms with E-state index in [2.05, 4.69) is 5.32 Å². The summed E-state index contributed by atoms with van der Waals surface area (Å²) in [5.74, 6) is -4.33. The number of amides is 2. The molecule has 0 saturated carbocycles. The Hall–Kier alpha value is -3.67. The molecule has 2 aromatic carbocycles. The molecule has 3 rings (SSSR count). The predicted molar refractivity (Wildman–Crippen MR) is 94.4 cm³/mol. The lowest BCUT2D eigenvalue weighted by molar-refractivity contribution is -0.385. The Bertz CT molecular complexity index is 1010. The van der Waals surface area contributed by atoms with Gasteiger partial charge in [-0.1, -0.05) is 30.3 Å². The third-order valence-electron chi connectivity index (χ3n) is 4.70. The lowest BCUT2D eigenvalue weighted by Crippen LogP contribution is -2.72. The summed E-state index contributed by atoms with van der Waals surface area (Å²) in [4.78, 5) is 35.1. The first kappa shape index (κ1) is 21.0. The summed E-state index contributed by atoms with van der Waals surface area (Å²) >= 11 is 0. The molecule has 4 N–H and O–H groups in total. The first-order valence-electron chi connectivity index (χ1n) is 8.40. The molecule has 9 nitrogen and oxygen atoms in total. The number of hydrogen-bond donors (Lipinski definition) is 4. The van der Waals surface area contributed by atoms with Gasteiger partial charge in [0.2, 0.25) is 5.72 Å². The van der Waals surface area contributed by atoms with Crippen molar-refractivity contribution >= 4 is 17.5 Å². The predicted octanol–water partition coefficient (Wildman–Crippen LogP) is 2.40. The van der Waals surface area contributed by atoms with E-state index < -0.39 is 57.6 Å². The van der Waals surface area contributed by atoms with Crippen molar-refractivity contribution in [2.24, 2.45) is 5.92 Å². The van der Waals surface area contributed by atoms with Crippen molar-refractivity contribution in [3.8, 4) is 5.75 Å². The van der Waals surface area contributed by atoms with Gasteiger partial charge in [0.15, 0.2) is 5.78 Å². The number of carbonyl (C=O) groups is 2. The van der Waals surface area contributed by atoms with E-state index in [-0.39, 0.29) is 5.56 Å². The molecule has 2 aromatic rings. The number of benzene rings is 2. The van der Waals surface area contributed by atoms with Gasteiger partial charge in [0.1, 0.15) is 11.7 Å². The molecule has 1 heterocycles. The van der Waals surface area contributed by atoms with Crippen LogP contribution in [0.4, 0.5) is 23.7 Å². The summed E-state index contributed by atoms with van der Waals surface area (Å²) in [6, 6.07) is 5.75. The van der Waals surface area contributed by atoms with Crippen molar-refractivity contribution in [2.75, 3.05) is 0 Å². The molecule has 12 heteroatoms. The largest absolute Gasteiger partial charge is 0.508 e. The van der Waals surface area contributed by atoms with Crippen LogP contribution in [0.3, 0.4) is 0 Å². The number of aliphatic hydroxyl groups is 1. The van der Waals surface area contributed by atoms with Crippen LogP contribution in [0.1, 0.15) is 22.0 Å². The van der Waals surface area contributed by atoms with Crippen LogP contribution in [0.5, 0.6) is 5.75 Å². The minimum absolute atomic E-state index is 0.210. The first-order chi connectivity index (χ1) is 14.0. The zero-order chi connectivity index (χ0) is 22.3. The monoisotopic (exact) mass is 425 g/mol. The summed E-state index contributed by atoms with van der Waals surface area (Å²) in [5, 5.41) is 35.0. The molecule has 3 atom stereocenters. The highest BCUT2D eigenvalue weighted by molar-refractivity contribution is 6.00. The molecule has 0 radical (unpaired) electrons. The molecule has 1 aliphatic rings. The number of aromatic hydroxyl groups is 1. The van der Waals surface area contributed by atoms with Crippen LogP contribution in [-0.4, -0.2) is 38.9 Å². The van der Waals surface area contributed by atoms with Gasteiger partial charge < -0.3 is 20.8 Å². The topological polar surface area (TPSA) is 142 Å². The number of carbonyl (C=O) groups excluding carboxylic acids is 2. The summed E-state index contributed by atoms with van der Waals surface area (Å²) in [7, 11) is 0. The van der Waals surface area contributed by atoms with Crippen LogP contribution in [0.15, 0.2) is 48.5 Å². The van der Waals surface area contributed by atoms with Crippen molar-refractivity contribution in [1.82, 2.24) is 10.6 Å². The number of nitro groups is 1. The third kappa shape index (κ3) is 3.52. The van der Waals surface area contributed by atoms with Gasteiger partial charge in [0, 0.05) is 23.3 Å². The molecule has 0 aromatic heterocycles. The van der Waals surface area contributed by atoms with Gasteiger partial charge in [-0.25, -0.2) is 4.79 Å². The average Bonchev–Trinajstić information content (AvgIpc) is 2.67. The maximum atomic E-state index is 13.8. The Morgan fingerprint density at radius 1 is 1.17 bits per heavy atom. The number of ketones is 1. The van der Waals surface area contributed by atoms with Crippen molar-refractivity contribution in [3.05, 3.63) is 69.8 Å². The number of Topliss-reactive ketones (excluding diaryl/α,β-unsaturated/α-hetero) is 1. The Labute approximate surface area is 166 Å². The zero-order valence-electron chi connectivity index (χ0n) is 14.9. The fourth-order valence-corrected chi connectivity index (χ4v) is 3.28. The van der Waals surface area contributed by atoms with Crippen LogP contribution >= 0.6 is 0 Å². The van der Waals surface area contributed by atoms with E-state index in [9.17, 15) is 43.1 Å². The highest BCUT2D eigenvalue weighted by atomic mass is 19.4. The molecule has 1 aliphatic heterocycles. The van der Waals surface area contributed by atoms with Crippen molar-refractivity contribution in [1.29, 1.82) is 0 Å². The highest BCUT2D eigenvalue weighted by Crippen LogP contribution is 2.46. The first-order valence-corrected chi connectivity index (χ1v) is 8.40. The fraction of sp³-hybridized carbons (Fsp3) is 0.222. The van der Waals surface area contributed by atoms with Gasteiger partial charge in [-0.3, -0.25) is 14.9 Å². The molecular formula is C18H14F3N3O6. The van der Waals surface area contributed by atoms with Gasteiger partial charge in [0.25, 0.3) is 5.69 Å². The Kier molecular flexibility index (Phi) is 5.12. The van der Waals surface area contributed by atoms with Gasteiger partial charge in [-0.2, -0.15) is 13.2 Å². The van der Waals surface area contributed by atoms with Crippen LogP contribution in [0.2, 0.25) is 0 Å². The van der Waals surface area contributed by atoms with Crippen molar-refractivity contribution < 1.29 is 37.9 Å². The third-order valence-corrected chi connectivity index (χ3v) is 4.70. The van der Waals surface area contributed by atoms with E-state index in [0.717, 1.165) is 18.2 Å². The second-order valence-electron chi connectivity index (χ2n) is 6.55. The van der Waals surface area contributed by atoms with E-state index in [0.29, 0.717) is 0 Å². The molecule has 158 valence electrons. The molecule has 1 fully saturated rings. The average molecular weight is 425 g/mol. The molecule has 30 heavy (non-hydrogen) atoms. The highest BCUT2D eigenvalue weighted by Gasteiger charge is 2.66. The maximum Gasteiger partial charge on any atom is 0.437 e. The summed E-state index contributed by atoms with van der Waals surface area (Å²) < 4.78 is 41.4. The zero-order valence-corrected chi connectivity index (χ0v) is 14.9. The summed E-state index contributed by atoms with van der Waals surface area (Å²) in [6.07, 6.45) is -5.49. The number of nitro benzene ring substituents is 1. The smallest absolute Gasteiger partial charge is 0.437 e. The fourth-order valence-electron chi connectivity index (χ4n) is 3.28. The van der Waals surface area contributed by atoms with Gasteiger partial charge in [-0.15, -0.1) is 0 Å². The number of phenolic OH excluding ortho intramolecular Hbond substituents is 1. The molecule has 0 bridgehead atoms. The molecule has 2 amide bonds. The Morgan fingerprint density at radius 2 is 1.80 bits per heavy atom. The number of halogens is 3. The molecular weight excluding hydrogens is 411 g/mol. The number of non-ortho nitro benzene ring substituents is 1. The normalized spacial score (nSPS) is 23.9. The van der Waals surface area contributed by atoms with Gasteiger partial charge in [-0.05, 0) is 6.07 Å². The molecule has 0 aliphatic carbocycles. The molecule has 0 unspecified atom stereocenters. The Balaban J connectivity index is 2.23. The lowest BCUT2D eigenvalue weighted by Gasteiger charge is -2.45. The number of phenols is 1. The summed E-state index contributed by atoms with van der Waals surface area (Å²) in [6.45, 7) is 0. The minimum Gasteiger partial charge on any atom is -0.508 e. The molecule has 0 spiro atoms. The standard InChI is InChI=1S/C18H14F3N3O6/c19-18(20,21)17(28)13(15(26)9-4-2-1-3-5-9)14(22-16(27)23-17)11-8-10(24(29)30)6-7-12(11)25/h1-8,13-14,25,28H,(H2,22,23,27)/t13-,14+,17-/m0/s1. The van der Waals surface area contributed by atoms with Gasteiger partial charge >= 0.3 is 12.2 Å². The number of nitrogens with one attached hydrogen (secondary N) is 2. The lowest BCUT2D eigenvalue weighted by atomic mass is 9.77. The summed E-state index contributed by atoms with van der Waals surface area (Å²) in [5.41, 5.74) is -5.35. The van der Waals surface area contributed by atoms with Crippen LogP contribution in [0.25, 0.3) is 0 Å². The van der Waals surface area contributed by atoms with Crippen LogP contribution in [0, 0.1) is 16.0 Å². The SMILES string of the molecule is O=C1N[C@H](c2cc([N+](=O)[O-])ccc2O)[C@@H](C(=O)c2ccccc2)[C@](O)(C(F)(F)F)N1. The van der Waals surface area contributed by atoms with Crippen LogP contribution < -0.4 is 10.6 Å². The van der Waals surface area contributed by atoms with Crippen molar-refractivity contribution in [2.45, 2.75) is 17.9 Å². The number of rotatable bonds is 4. The number of nitrogens with zero attached hydrogens (tertiary/aromatic N) is 1. The van der Waals surface area contributed by atoms with E-state index in [4.69, 9.17) is 0 Å².